The largest absolute Gasteiger partial charge is 0.497 e. The van der Waals surface area contributed by atoms with E-state index in [1.807, 2.05) is 25.1 Å². The Bertz CT molecular complexity index is 679. The molecule has 0 amide bonds. The number of rotatable bonds is 7. The first kappa shape index (κ1) is 16.5. The van der Waals surface area contributed by atoms with Crippen molar-refractivity contribution in [2.75, 3.05) is 27.7 Å². The van der Waals surface area contributed by atoms with Gasteiger partial charge in [-0.25, -0.2) is 13.1 Å². The highest BCUT2D eigenvalue weighted by atomic mass is 32.2. The molecular weight excluding hydrogens is 304 g/mol. The van der Waals surface area contributed by atoms with Crippen molar-refractivity contribution in [1.29, 1.82) is 0 Å². The van der Waals surface area contributed by atoms with Gasteiger partial charge in [-0.15, -0.1) is 0 Å². The van der Waals surface area contributed by atoms with Crippen LogP contribution < -0.4 is 9.46 Å². The molecule has 1 unspecified atom stereocenters. The van der Waals surface area contributed by atoms with E-state index in [-0.39, 0.29) is 17.5 Å². The molecule has 2 aromatic rings. The number of hydrogen-bond acceptors (Lipinski definition) is 5. The molecule has 6 nitrogen and oxygen atoms in total. The molecule has 22 heavy (non-hydrogen) atoms. The van der Waals surface area contributed by atoms with Crippen LogP contribution in [-0.2, 0) is 10.0 Å². The second kappa shape index (κ2) is 6.95. The summed E-state index contributed by atoms with van der Waals surface area (Å²) in [6.45, 7) is 0.217. The van der Waals surface area contributed by atoms with Gasteiger partial charge >= 0.3 is 0 Å². The van der Waals surface area contributed by atoms with Gasteiger partial charge in [0.1, 0.15) is 11.5 Å². The summed E-state index contributed by atoms with van der Waals surface area (Å²) in [5.41, 5.74) is 0. The first-order valence-electron chi connectivity index (χ1n) is 6.77. The molecule has 1 heterocycles. The summed E-state index contributed by atoms with van der Waals surface area (Å²) < 4.78 is 37.7. The second-order valence-electron chi connectivity index (χ2n) is 5.02. The minimum atomic E-state index is -3.58. The summed E-state index contributed by atoms with van der Waals surface area (Å²) in [7, 11) is 1.70. The Kier molecular flexibility index (Phi) is 5.23. The van der Waals surface area contributed by atoms with Crippen molar-refractivity contribution < 1.29 is 17.6 Å². The summed E-state index contributed by atoms with van der Waals surface area (Å²) in [6.07, 6.45) is 1.57. The van der Waals surface area contributed by atoms with Crippen molar-refractivity contribution >= 4 is 10.0 Å². The lowest BCUT2D eigenvalue weighted by molar-refractivity contribution is 0.259. The average molecular weight is 324 g/mol. The van der Waals surface area contributed by atoms with E-state index >= 15 is 0 Å². The predicted octanol–water partition coefficient (Wildman–Crippen LogP) is 1.87. The third-order valence-corrected chi connectivity index (χ3v) is 4.77. The van der Waals surface area contributed by atoms with Gasteiger partial charge in [-0.3, -0.25) is 4.90 Å². The van der Waals surface area contributed by atoms with Gasteiger partial charge in [-0.2, -0.15) is 0 Å². The molecule has 0 saturated carbocycles. The Morgan fingerprint density at radius 3 is 2.41 bits per heavy atom. The fourth-order valence-electron chi connectivity index (χ4n) is 2.05. The Morgan fingerprint density at radius 2 is 1.91 bits per heavy atom. The first-order valence-corrected chi connectivity index (χ1v) is 8.26. The maximum Gasteiger partial charge on any atom is 0.240 e. The number of methoxy groups -OCH3 is 1. The van der Waals surface area contributed by atoms with Crippen LogP contribution >= 0.6 is 0 Å². The molecule has 2 rings (SSSR count). The molecule has 1 aromatic heterocycles. The van der Waals surface area contributed by atoms with E-state index in [0.717, 1.165) is 0 Å². The molecule has 7 heteroatoms. The highest BCUT2D eigenvalue weighted by Crippen LogP contribution is 2.19. The maximum absolute atomic E-state index is 12.3. The SMILES string of the molecule is COc1ccc(S(=O)(=O)NCC(c2ccco2)N(C)C)cc1. The summed E-state index contributed by atoms with van der Waals surface area (Å²) in [6, 6.07) is 9.69. The van der Waals surface area contributed by atoms with Gasteiger partial charge in [0, 0.05) is 6.54 Å². The topological polar surface area (TPSA) is 71.8 Å². The highest BCUT2D eigenvalue weighted by Gasteiger charge is 2.21. The molecule has 0 bridgehead atoms. The van der Waals surface area contributed by atoms with Crippen molar-refractivity contribution in [3.05, 3.63) is 48.4 Å². The van der Waals surface area contributed by atoms with Crippen LogP contribution in [0.4, 0.5) is 0 Å². The molecular formula is C15H20N2O4S. The summed E-state index contributed by atoms with van der Waals surface area (Å²) >= 11 is 0. The Morgan fingerprint density at radius 1 is 1.23 bits per heavy atom. The van der Waals surface area contributed by atoms with E-state index in [4.69, 9.17) is 9.15 Å². The minimum absolute atomic E-state index is 0.178. The van der Waals surface area contributed by atoms with Crippen LogP contribution in [0.15, 0.2) is 52.0 Å². The quantitative estimate of drug-likeness (QED) is 0.842. The van der Waals surface area contributed by atoms with Crippen LogP contribution in [0, 0.1) is 0 Å². The molecule has 1 aromatic carbocycles. The van der Waals surface area contributed by atoms with Crippen molar-refractivity contribution in [2.24, 2.45) is 0 Å². The molecule has 0 fully saturated rings. The van der Waals surface area contributed by atoms with Gasteiger partial charge in [0.05, 0.1) is 24.3 Å². The fraction of sp³-hybridized carbons (Fsp3) is 0.333. The Labute approximate surface area is 130 Å². The number of nitrogens with zero attached hydrogens (tertiary/aromatic N) is 1. The van der Waals surface area contributed by atoms with Gasteiger partial charge in [0.2, 0.25) is 10.0 Å². The van der Waals surface area contributed by atoms with Gasteiger partial charge in [0.15, 0.2) is 0 Å². The molecule has 1 N–H and O–H groups in total. The number of benzene rings is 1. The van der Waals surface area contributed by atoms with Crippen molar-refractivity contribution in [3.8, 4) is 5.75 Å². The maximum atomic E-state index is 12.3. The third kappa shape index (κ3) is 3.88. The van der Waals surface area contributed by atoms with E-state index in [9.17, 15) is 8.42 Å². The molecule has 120 valence electrons. The fourth-order valence-corrected chi connectivity index (χ4v) is 3.08. The van der Waals surface area contributed by atoms with E-state index in [1.165, 1.54) is 19.2 Å². The number of ether oxygens (including phenoxy) is 1. The molecule has 0 aliphatic heterocycles. The lowest BCUT2D eigenvalue weighted by atomic mass is 10.2. The molecule has 0 aliphatic carbocycles. The summed E-state index contributed by atoms with van der Waals surface area (Å²) in [5.74, 6) is 1.32. The van der Waals surface area contributed by atoms with Crippen LogP contribution in [0.25, 0.3) is 0 Å². The third-order valence-electron chi connectivity index (χ3n) is 3.33. The standard InChI is InChI=1S/C15H20N2O4S/c1-17(2)14(15-5-4-10-21-15)11-16-22(18,19)13-8-6-12(20-3)7-9-13/h4-10,14,16H,11H2,1-3H3. The van der Waals surface area contributed by atoms with Crippen LogP contribution in [-0.4, -0.2) is 41.1 Å². The van der Waals surface area contributed by atoms with Crippen molar-refractivity contribution in [1.82, 2.24) is 9.62 Å². The molecule has 0 radical (unpaired) electrons. The van der Waals surface area contributed by atoms with Gasteiger partial charge in [-0.05, 0) is 50.5 Å². The summed E-state index contributed by atoms with van der Waals surface area (Å²) in [5, 5.41) is 0. The first-order chi connectivity index (χ1) is 10.4. The Balaban J connectivity index is 2.10. The lowest BCUT2D eigenvalue weighted by Gasteiger charge is -2.22. The number of nitrogens with one attached hydrogen (secondary N) is 1. The number of furan rings is 1. The molecule has 0 saturated heterocycles. The van der Waals surface area contributed by atoms with Gasteiger partial charge < -0.3 is 9.15 Å². The number of sulfonamides is 1. The lowest BCUT2D eigenvalue weighted by Crippen LogP contribution is -2.34. The summed E-state index contributed by atoms with van der Waals surface area (Å²) in [4.78, 5) is 2.10. The number of likely N-dealkylation sites (N-methyl/N-ethyl adjacent to an activating group) is 1. The monoisotopic (exact) mass is 324 g/mol. The van der Waals surface area contributed by atoms with Gasteiger partial charge in [0.25, 0.3) is 0 Å². The molecule has 1 atom stereocenters. The highest BCUT2D eigenvalue weighted by molar-refractivity contribution is 7.89. The number of hydrogen-bond donors (Lipinski definition) is 1. The van der Waals surface area contributed by atoms with E-state index in [2.05, 4.69) is 4.72 Å². The van der Waals surface area contributed by atoms with E-state index < -0.39 is 10.0 Å². The second-order valence-corrected chi connectivity index (χ2v) is 6.79. The normalized spacial score (nSPS) is 13.3. The average Bonchev–Trinajstić information content (AvgIpc) is 3.01. The zero-order chi connectivity index (χ0) is 16.2. The van der Waals surface area contributed by atoms with Gasteiger partial charge in [-0.1, -0.05) is 0 Å². The van der Waals surface area contributed by atoms with E-state index in [0.29, 0.717) is 11.5 Å². The smallest absolute Gasteiger partial charge is 0.240 e. The Hall–Kier alpha value is -1.83. The van der Waals surface area contributed by atoms with E-state index in [1.54, 1.807) is 24.5 Å². The zero-order valence-electron chi connectivity index (χ0n) is 12.8. The van der Waals surface area contributed by atoms with Crippen LogP contribution in [0.2, 0.25) is 0 Å². The predicted molar refractivity (Wildman–Crippen MR) is 83.3 cm³/mol. The van der Waals surface area contributed by atoms with Crippen LogP contribution in [0.3, 0.4) is 0 Å². The van der Waals surface area contributed by atoms with Crippen molar-refractivity contribution in [2.45, 2.75) is 10.9 Å². The van der Waals surface area contributed by atoms with Crippen LogP contribution in [0.1, 0.15) is 11.8 Å². The van der Waals surface area contributed by atoms with Crippen molar-refractivity contribution in [3.63, 3.8) is 0 Å². The molecule has 0 aliphatic rings. The zero-order valence-corrected chi connectivity index (χ0v) is 13.6. The van der Waals surface area contributed by atoms with Crippen LogP contribution in [0.5, 0.6) is 5.75 Å². The molecule has 0 spiro atoms. The minimum Gasteiger partial charge on any atom is -0.497 e.